The van der Waals surface area contributed by atoms with Crippen LogP contribution in [-0.4, -0.2) is 119 Å². The van der Waals surface area contributed by atoms with Crippen LogP contribution in [-0.2, 0) is 76.1 Å². The number of carbonyl (C=O) groups is 5. The topological polar surface area (TPSA) is 187 Å². The molecule has 0 amide bonds. The van der Waals surface area contributed by atoms with Crippen molar-refractivity contribution in [2.75, 3.05) is 6.61 Å². The number of thiol groups is 5. The molecular formula is C31H52O16S5. The molecule has 0 aromatic carbocycles. The van der Waals surface area contributed by atoms with Gasteiger partial charge in [-0.05, 0) is 69.2 Å². The molecule has 0 N–H and O–H groups in total. The van der Waals surface area contributed by atoms with Gasteiger partial charge in [-0.2, -0.15) is 63.1 Å². The van der Waals surface area contributed by atoms with Crippen molar-refractivity contribution in [3.8, 4) is 0 Å². The standard InChI is InChI=1S/C31H52O16S5/c1-12(48)25(32)40-17(6)37-11-22-23(38-18(7)41-26(33)13(2)49)30(45-20(9)43-28(35)15(4)51)47-31(46-21(10)44-29(36)16(5)52)24(22)39-19(8)42-27(34)14(3)50/h12-24,30-31,48-52H,11H2,1-10H3. The molecule has 1 fully saturated rings. The minimum absolute atomic E-state index is 0.356. The first-order valence-electron chi connectivity index (χ1n) is 16.4. The zero-order valence-electron chi connectivity index (χ0n) is 30.6. The highest BCUT2D eigenvalue weighted by atomic mass is 32.1. The van der Waals surface area contributed by atoms with E-state index >= 15 is 0 Å². The number of rotatable bonds is 21. The third kappa shape index (κ3) is 17.5. The number of hydrogen-bond donors (Lipinski definition) is 5. The van der Waals surface area contributed by atoms with Gasteiger partial charge >= 0.3 is 29.8 Å². The summed E-state index contributed by atoms with van der Waals surface area (Å²) >= 11 is 20.5. The van der Waals surface area contributed by atoms with E-state index in [0.717, 1.165) is 0 Å². The predicted molar refractivity (Wildman–Crippen MR) is 200 cm³/mol. The zero-order valence-corrected chi connectivity index (χ0v) is 35.1. The summed E-state index contributed by atoms with van der Waals surface area (Å²) in [5, 5.41) is -3.99. The van der Waals surface area contributed by atoms with E-state index in [0.29, 0.717) is 0 Å². The lowest BCUT2D eigenvalue weighted by molar-refractivity contribution is -0.405. The Balaban J connectivity index is 3.77. The minimum atomic E-state index is -1.51. The van der Waals surface area contributed by atoms with Gasteiger partial charge in [0.05, 0.1) is 32.9 Å². The SMILES string of the molecule is CC(OCC1C(OC(C)OC(=O)C(C)S)C(OC(C)OC(=O)C(C)S)OC(OC(C)OC(=O)C(C)S)C1OC(C)OC(=O)C(C)S)OC(=O)C(C)S. The van der Waals surface area contributed by atoms with Crippen LogP contribution in [0, 0.1) is 5.92 Å². The van der Waals surface area contributed by atoms with E-state index in [1.807, 2.05) is 0 Å². The Morgan fingerprint density at radius 2 is 0.692 bits per heavy atom. The van der Waals surface area contributed by atoms with Crippen LogP contribution in [0.5, 0.6) is 0 Å². The van der Waals surface area contributed by atoms with E-state index in [1.54, 1.807) is 0 Å². The maximum Gasteiger partial charge on any atom is 0.320 e. The van der Waals surface area contributed by atoms with E-state index in [-0.39, 0.29) is 6.61 Å². The van der Waals surface area contributed by atoms with Crippen LogP contribution in [0.1, 0.15) is 69.2 Å². The third-order valence-electron chi connectivity index (χ3n) is 6.64. The molecule has 0 saturated carbocycles. The molecule has 0 bridgehead atoms. The van der Waals surface area contributed by atoms with Gasteiger partial charge in [0.15, 0.2) is 18.9 Å². The monoisotopic (exact) mass is 840 g/mol. The summed E-state index contributed by atoms with van der Waals surface area (Å²) in [5.41, 5.74) is 0. The molecule has 1 saturated heterocycles. The van der Waals surface area contributed by atoms with Gasteiger partial charge in [-0.25, -0.2) is 0 Å². The van der Waals surface area contributed by atoms with Crippen molar-refractivity contribution in [1.82, 2.24) is 0 Å². The van der Waals surface area contributed by atoms with Crippen LogP contribution in [0.2, 0.25) is 0 Å². The molecule has 0 aromatic rings. The Labute approximate surface area is 332 Å². The molecule has 16 nitrogen and oxygen atoms in total. The molecule has 0 aliphatic carbocycles. The van der Waals surface area contributed by atoms with Gasteiger partial charge in [0.25, 0.3) is 0 Å². The molecule has 1 rings (SSSR count). The number of hydrogen-bond acceptors (Lipinski definition) is 21. The average Bonchev–Trinajstić information content (AvgIpc) is 3.01. The van der Waals surface area contributed by atoms with E-state index in [2.05, 4.69) is 63.1 Å². The normalized spacial score (nSPS) is 26.2. The first kappa shape index (κ1) is 48.9. The van der Waals surface area contributed by atoms with E-state index in [4.69, 9.17) is 52.1 Å². The van der Waals surface area contributed by atoms with Gasteiger partial charge < -0.3 is 52.1 Å². The molecule has 21 heteroatoms. The first-order valence-corrected chi connectivity index (χ1v) is 18.9. The van der Waals surface area contributed by atoms with Gasteiger partial charge in [0.2, 0.25) is 25.2 Å². The summed E-state index contributed by atoms with van der Waals surface area (Å²) in [5.74, 6) is -4.61. The lowest BCUT2D eigenvalue weighted by Crippen LogP contribution is -2.61. The van der Waals surface area contributed by atoms with Crippen LogP contribution < -0.4 is 0 Å². The van der Waals surface area contributed by atoms with Gasteiger partial charge in [-0.15, -0.1) is 0 Å². The summed E-state index contributed by atoms with van der Waals surface area (Å²) < 4.78 is 63.3. The zero-order chi connectivity index (χ0) is 40.0. The van der Waals surface area contributed by atoms with Crippen LogP contribution in [0.25, 0.3) is 0 Å². The molecule has 0 radical (unpaired) electrons. The van der Waals surface area contributed by atoms with Crippen molar-refractivity contribution in [3.63, 3.8) is 0 Å². The third-order valence-corrected chi connectivity index (χ3v) is 7.69. The van der Waals surface area contributed by atoms with Crippen LogP contribution >= 0.6 is 63.1 Å². The molecular weight excluding hydrogens is 789 g/mol. The molecule has 0 aromatic heterocycles. The molecule has 1 aliphatic heterocycles. The fourth-order valence-corrected chi connectivity index (χ4v) is 4.44. The number of esters is 5. The molecule has 14 unspecified atom stereocenters. The molecule has 1 aliphatic rings. The number of carbonyl (C=O) groups excluding carboxylic acids is 5. The van der Waals surface area contributed by atoms with Crippen molar-refractivity contribution in [2.24, 2.45) is 5.92 Å². The van der Waals surface area contributed by atoms with Gasteiger partial charge in [0.1, 0.15) is 12.2 Å². The first-order chi connectivity index (χ1) is 24.0. The van der Waals surface area contributed by atoms with E-state index in [1.165, 1.54) is 69.2 Å². The second kappa shape index (κ2) is 23.7. The van der Waals surface area contributed by atoms with Crippen molar-refractivity contribution in [1.29, 1.82) is 0 Å². The highest BCUT2D eigenvalue weighted by Crippen LogP contribution is 2.36. The molecule has 1 heterocycles. The Hall–Kier alpha value is -1.14. The maximum atomic E-state index is 12.4. The summed E-state index contributed by atoms with van der Waals surface area (Å²) in [6.07, 6.45) is -11.9. The smallest absolute Gasteiger partial charge is 0.320 e. The molecule has 302 valence electrons. The maximum absolute atomic E-state index is 12.4. The largest absolute Gasteiger partial charge is 0.435 e. The minimum Gasteiger partial charge on any atom is -0.435 e. The van der Waals surface area contributed by atoms with Gasteiger partial charge in [-0.1, -0.05) is 0 Å². The highest BCUT2D eigenvalue weighted by molar-refractivity contribution is 7.82. The second-order valence-electron chi connectivity index (χ2n) is 11.7. The predicted octanol–water partition coefficient (Wildman–Crippen LogP) is 3.14. The lowest BCUT2D eigenvalue weighted by Gasteiger charge is -2.47. The molecule has 14 atom stereocenters. The Bertz CT molecular complexity index is 1090. The summed E-state index contributed by atoms with van der Waals surface area (Å²) in [7, 11) is 0. The quantitative estimate of drug-likeness (QED) is 0.0491. The van der Waals surface area contributed by atoms with Crippen molar-refractivity contribution in [2.45, 2.75) is 152 Å². The second-order valence-corrected chi connectivity index (χ2v) is 15.6. The van der Waals surface area contributed by atoms with Crippen molar-refractivity contribution < 1.29 is 76.1 Å². The van der Waals surface area contributed by atoms with Gasteiger partial charge in [0, 0.05) is 5.92 Å². The Kier molecular flexibility index (Phi) is 22.3. The number of ether oxygens (including phenoxy) is 11. The van der Waals surface area contributed by atoms with Crippen molar-refractivity contribution >= 4 is 93.0 Å². The Morgan fingerprint density at radius 1 is 0.442 bits per heavy atom. The summed E-state index contributed by atoms with van der Waals surface area (Å²) in [4.78, 5) is 61.9. The fourth-order valence-electron chi connectivity index (χ4n) is 4.14. The van der Waals surface area contributed by atoms with Crippen LogP contribution in [0.15, 0.2) is 0 Å². The summed E-state index contributed by atoms with van der Waals surface area (Å²) in [6, 6.07) is 0. The lowest BCUT2D eigenvalue weighted by atomic mass is 9.92. The highest BCUT2D eigenvalue weighted by Gasteiger charge is 2.52. The average molecular weight is 841 g/mol. The summed E-state index contributed by atoms with van der Waals surface area (Å²) in [6.45, 7) is 14.3. The van der Waals surface area contributed by atoms with Crippen LogP contribution in [0.4, 0.5) is 0 Å². The van der Waals surface area contributed by atoms with Crippen molar-refractivity contribution in [3.05, 3.63) is 0 Å². The van der Waals surface area contributed by atoms with E-state index in [9.17, 15) is 24.0 Å². The van der Waals surface area contributed by atoms with E-state index < -0.39 is 118 Å². The Morgan fingerprint density at radius 3 is 0.962 bits per heavy atom. The fraction of sp³-hybridized carbons (Fsp3) is 0.839. The molecule has 0 spiro atoms. The molecule has 52 heavy (non-hydrogen) atoms. The van der Waals surface area contributed by atoms with Gasteiger partial charge in [-0.3, -0.25) is 24.0 Å². The van der Waals surface area contributed by atoms with Crippen LogP contribution in [0.3, 0.4) is 0 Å².